The summed E-state index contributed by atoms with van der Waals surface area (Å²) in [5.74, 6) is 0.606. The van der Waals surface area contributed by atoms with Gasteiger partial charge in [-0.25, -0.2) is 8.42 Å². The van der Waals surface area contributed by atoms with Crippen LogP contribution in [0.4, 0.5) is 0 Å². The van der Waals surface area contributed by atoms with Crippen LogP contribution in [0.15, 0.2) is 0 Å². The topological polar surface area (TPSA) is 63.4 Å². The molecule has 2 N–H and O–H groups in total. The first-order valence-corrected chi connectivity index (χ1v) is 7.97. The van der Waals surface area contributed by atoms with Gasteiger partial charge in [0.05, 0.1) is 5.75 Å². The van der Waals surface area contributed by atoms with Gasteiger partial charge in [0.2, 0.25) is 0 Å². The van der Waals surface area contributed by atoms with E-state index in [1.54, 1.807) is 0 Å². The van der Waals surface area contributed by atoms with Crippen molar-refractivity contribution >= 4 is 9.84 Å². The van der Waals surface area contributed by atoms with Gasteiger partial charge in [0.25, 0.3) is 0 Å². The molecule has 0 aliphatic carbocycles. The highest BCUT2D eigenvalue weighted by molar-refractivity contribution is 7.91. The molecule has 0 aromatic rings. The van der Waals surface area contributed by atoms with Crippen molar-refractivity contribution in [2.75, 3.05) is 24.6 Å². The lowest BCUT2D eigenvalue weighted by molar-refractivity contribution is 0.156. The van der Waals surface area contributed by atoms with Crippen LogP contribution in [-0.2, 0) is 9.84 Å². The van der Waals surface area contributed by atoms with Crippen LogP contribution in [0.5, 0.6) is 0 Å². The molecule has 4 nitrogen and oxygen atoms in total. The van der Waals surface area contributed by atoms with Gasteiger partial charge in [-0.1, -0.05) is 6.92 Å². The lowest BCUT2D eigenvalue weighted by Gasteiger charge is -2.36. The van der Waals surface area contributed by atoms with Gasteiger partial charge >= 0.3 is 0 Å². The smallest absolute Gasteiger partial charge is 0.151 e. The monoisotopic (exact) mass is 248 g/mol. The zero-order valence-corrected chi connectivity index (χ0v) is 11.2. The van der Waals surface area contributed by atoms with E-state index >= 15 is 0 Å². The molecule has 2 atom stereocenters. The Balaban J connectivity index is 2.38. The first kappa shape index (κ1) is 13.9. The second-order valence-corrected chi connectivity index (χ2v) is 7.12. The fourth-order valence-electron chi connectivity index (χ4n) is 2.26. The van der Waals surface area contributed by atoms with E-state index in [2.05, 4.69) is 11.8 Å². The fraction of sp³-hybridized carbons (Fsp3) is 1.00. The van der Waals surface area contributed by atoms with Gasteiger partial charge in [0.15, 0.2) is 9.84 Å². The molecule has 0 radical (unpaired) electrons. The molecular weight excluding hydrogens is 224 g/mol. The fourth-order valence-corrected chi connectivity index (χ4v) is 3.60. The third-order valence-corrected chi connectivity index (χ3v) is 5.09. The number of rotatable bonds is 5. The largest absolute Gasteiger partial charge is 0.328 e. The molecule has 2 unspecified atom stereocenters. The van der Waals surface area contributed by atoms with E-state index in [1.807, 2.05) is 6.92 Å². The number of nitrogens with two attached hydrogens (primary N) is 1. The molecule has 1 fully saturated rings. The summed E-state index contributed by atoms with van der Waals surface area (Å²) in [6.07, 6.45) is 2.68. The van der Waals surface area contributed by atoms with E-state index in [0.717, 1.165) is 19.4 Å². The average Bonchev–Trinajstić information content (AvgIpc) is 2.16. The second-order valence-electron chi connectivity index (χ2n) is 4.82. The first-order chi connectivity index (χ1) is 7.44. The summed E-state index contributed by atoms with van der Waals surface area (Å²) in [4.78, 5) is 2.25. The Morgan fingerprint density at radius 3 is 2.62 bits per heavy atom. The summed E-state index contributed by atoms with van der Waals surface area (Å²) in [6, 6.07) is 0.707. The molecule has 1 heterocycles. The predicted molar refractivity (Wildman–Crippen MR) is 67.2 cm³/mol. The van der Waals surface area contributed by atoms with Crippen molar-refractivity contribution < 1.29 is 8.42 Å². The number of piperidine rings is 1. The van der Waals surface area contributed by atoms with Gasteiger partial charge in [0.1, 0.15) is 0 Å². The summed E-state index contributed by atoms with van der Waals surface area (Å²) in [7, 11) is -2.84. The number of hydrogen-bond acceptors (Lipinski definition) is 4. The van der Waals surface area contributed by atoms with E-state index in [9.17, 15) is 8.42 Å². The maximum atomic E-state index is 11.6. The Bertz CT molecular complexity index is 303. The van der Waals surface area contributed by atoms with E-state index < -0.39 is 9.84 Å². The molecule has 1 aliphatic rings. The summed E-state index contributed by atoms with van der Waals surface area (Å²) >= 11 is 0. The van der Waals surface area contributed by atoms with Crippen LogP contribution in [-0.4, -0.2) is 50.0 Å². The van der Waals surface area contributed by atoms with Crippen molar-refractivity contribution in [2.45, 2.75) is 45.2 Å². The van der Waals surface area contributed by atoms with Crippen molar-refractivity contribution in [1.29, 1.82) is 0 Å². The normalized spacial score (nSPS) is 28.2. The maximum Gasteiger partial charge on any atom is 0.151 e. The summed E-state index contributed by atoms with van der Waals surface area (Å²) < 4.78 is 23.2. The van der Waals surface area contributed by atoms with Gasteiger partial charge < -0.3 is 5.73 Å². The van der Waals surface area contributed by atoms with Crippen LogP contribution in [0.3, 0.4) is 0 Å². The minimum Gasteiger partial charge on any atom is -0.328 e. The van der Waals surface area contributed by atoms with Crippen molar-refractivity contribution in [3.05, 3.63) is 0 Å². The Morgan fingerprint density at radius 1 is 1.38 bits per heavy atom. The Kier molecular flexibility index (Phi) is 5.21. The molecule has 0 saturated carbocycles. The summed E-state index contributed by atoms with van der Waals surface area (Å²) in [5.41, 5.74) is 5.87. The molecule has 0 aromatic heterocycles. The molecule has 16 heavy (non-hydrogen) atoms. The highest BCUT2D eigenvalue weighted by Gasteiger charge is 2.24. The third kappa shape index (κ3) is 4.39. The standard InChI is InChI=1S/C11H24N2O2S/c1-3-7-16(14,15)8-6-13-5-4-11(12)9-10(13)2/h10-11H,3-9,12H2,1-2H3. The van der Waals surface area contributed by atoms with Crippen LogP contribution in [0, 0.1) is 0 Å². The van der Waals surface area contributed by atoms with Crippen molar-refractivity contribution in [2.24, 2.45) is 5.73 Å². The van der Waals surface area contributed by atoms with Crippen molar-refractivity contribution in [3.8, 4) is 0 Å². The minimum absolute atomic E-state index is 0.290. The van der Waals surface area contributed by atoms with E-state index in [1.165, 1.54) is 0 Å². The summed E-state index contributed by atoms with van der Waals surface area (Å²) in [5, 5.41) is 0. The number of likely N-dealkylation sites (tertiary alicyclic amines) is 1. The average molecular weight is 248 g/mol. The van der Waals surface area contributed by atoms with Crippen LogP contribution in [0.25, 0.3) is 0 Å². The van der Waals surface area contributed by atoms with Gasteiger partial charge in [0, 0.05) is 24.4 Å². The molecule has 96 valence electrons. The molecular formula is C11H24N2O2S. The molecule has 0 amide bonds. The first-order valence-electron chi connectivity index (χ1n) is 6.14. The van der Waals surface area contributed by atoms with Gasteiger partial charge in [-0.2, -0.15) is 0 Å². The van der Waals surface area contributed by atoms with E-state index in [-0.39, 0.29) is 0 Å². The zero-order chi connectivity index (χ0) is 12.2. The van der Waals surface area contributed by atoms with Crippen molar-refractivity contribution in [1.82, 2.24) is 4.90 Å². The molecule has 0 bridgehead atoms. The number of nitrogens with zero attached hydrogens (tertiary/aromatic N) is 1. The quantitative estimate of drug-likeness (QED) is 0.775. The van der Waals surface area contributed by atoms with Gasteiger partial charge in [-0.05, 0) is 32.7 Å². The molecule has 1 saturated heterocycles. The Hall–Kier alpha value is -0.130. The van der Waals surface area contributed by atoms with Crippen LogP contribution < -0.4 is 5.73 Å². The Morgan fingerprint density at radius 2 is 2.06 bits per heavy atom. The zero-order valence-electron chi connectivity index (χ0n) is 10.4. The predicted octanol–water partition coefficient (Wildman–Crippen LogP) is 0.623. The SMILES string of the molecule is CCCS(=O)(=O)CCN1CCC(N)CC1C. The number of sulfone groups is 1. The van der Waals surface area contributed by atoms with E-state index in [4.69, 9.17) is 5.73 Å². The lowest BCUT2D eigenvalue weighted by atomic mass is 9.99. The molecule has 1 rings (SSSR count). The van der Waals surface area contributed by atoms with Crippen LogP contribution >= 0.6 is 0 Å². The third-order valence-electron chi connectivity index (χ3n) is 3.26. The van der Waals surface area contributed by atoms with E-state index in [0.29, 0.717) is 36.6 Å². The summed E-state index contributed by atoms with van der Waals surface area (Å²) in [6.45, 7) is 5.63. The van der Waals surface area contributed by atoms with Gasteiger partial charge in [-0.15, -0.1) is 0 Å². The molecule has 1 aliphatic heterocycles. The van der Waals surface area contributed by atoms with Gasteiger partial charge in [-0.3, -0.25) is 4.90 Å². The number of hydrogen-bond donors (Lipinski definition) is 1. The van der Waals surface area contributed by atoms with Crippen LogP contribution in [0.1, 0.15) is 33.1 Å². The molecule has 0 aromatic carbocycles. The van der Waals surface area contributed by atoms with Crippen LogP contribution in [0.2, 0.25) is 0 Å². The highest BCUT2D eigenvalue weighted by Crippen LogP contribution is 2.15. The molecule has 5 heteroatoms. The lowest BCUT2D eigenvalue weighted by Crippen LogP contribution is -2.47. The molecule has 0 spiro atoms. The highest BCUT2D eigenvalue weighted by atomic mass is 32.2. The second kappa shape index (κ2) is 5.98. The maximum absolute atomic E-state index is 11.6. The minimum atomic E-state index is -2.84. The van der Waals surface area contributed by atoms with Crippen molar-refractivity contribution in [3.63, 3.8) is 0 Å². The Labute approximate surface area is 99.1 Å².